The van der Waals surface area contributed by atoms with Crippen LogP contribution in [0.4, 0.5) is 10.1 Å². The first-order chi connectivity index (χ1) is 15.9. The molecule has 1 amide bonds. The number of hydrogen-bond donors (Lipinski definition) is 1. The van der Waals surface area contributed by atoms with Crippen molar-refractivity contribution in [1.29, 1.82) is 0 Å². The Morgan fingerprint density at radius 2 is 2.06 bits per heavy atom. The van der Waals surface area contributed by atoms with Gasteiger partial charge in [-0.15, -0.1) is 0 Å². The number of amides is 1. The third kappa shape index (κ3) is 6.49. The lowest BCUT2D eigenvalue weighted by molar-refractivity contribution is -0.111. The molecule has 0 saturated carbocycles. The maximum Gasteiger partial charge on any atom is 0.248 e. The number of fused-ring (bicyclic) bond motifs is 1. The van der Waals surface area contributed by atoms with E-state index >= 15 is 0 Å². The lowest BCUT2D eigenvalue weighted by atomic mass is 10.0. The molecule has 33 heavy (non-hydrogen) atoms. The van der Waals surface area contributed by atoms with Crippen molar-refractivity contribution in [3.63, 3.8) is 0 Å². The summed E-state index contributed by atoms with van der Waals surface area (Å²) in [6, 6.07) is 8.15. The third-order valence-electron chi connectivity index (χ3n) is 5.27. The van der Waals surface area contributed by atoms with Crippen LogP contribution < -0.4 is 10.1 Å². The smallest absolute Gasteiger partial charge is 0.248 e. The molecular weight excluding hydrogens is 443 g/mol. The Balaban J connectivity index is 1.85. The minimum absolute atomic E-state index is 0.0628. The minimum atomic E-state index is -0.465. The van der Waals surface area contributed by atoms with E-state index < -0.39 is 5.82 Å². The quantitative estimate of drug-likeness (QED) is 0.410. The highest BCUT2D eigenvalue weighted by molar-refractivity contribution is 6.30. The van der Waals surface area contributed by atoms with E-state index in [1.54, 1.807) is 31.4 Å². The van der Waals surface area contributed by atoms with Crippen LogP contribution >= 0.6 is 11.6 Å². The van der Waals surface area contributed by atoms with Gasteiger partial charge in [0, 0.05) is 30.5 Å². The number of carbonyl (C=O) groups is 1. The molecule has 0 aliphatic heterocycles. The Morgan fingerprint density at radius 1 is 1.24 bits per heavy atom. The summed E-state index contributed by atoms with van der Waals surface area (Å²) in [7, 11) is 1.54. The maximum atomic E-state index is 13.5. The number of benzene rings is 2. The zero-order valence-electron chi connectivity index (χ0n) is 19.1. The molecule has 0 spiro atoms. The van der Waals surface area contributed by atoms with Gasteiger partial charge < -0.3 is 10.1 Å². The Kier molecular flexibility index (Phi) is 8.74. The van der Waals surface area contributed by atoms with Crippen molar-refractivity contribution in [2.24, 2.45) is 0 Å². The molecule has 3 rings (SSSR count). The Labute approximate surface area is 198 Å². The molecule has 3 aromatic rings. The van der Waals surface area contributed by atoms with Gasteiger partial charge in [-0.3, -0.25) is 9.69 Å². The Morgan fingerprint density at radius 3 is 2.76 bits per heavy atom. The second-order valence-corrected chi connectivity index (χ2v) is 8.01. The molecule has 1 heterocycles. The summed E-state index contributed by atoms with van der Waals surface area (Å²) in [6.45, 7) is 6.87. The van der Waals surface area contributed by atoms with Gasteiger partial charge in [-0.05, 0) is 43.3 Å². The summed E-state index contributed by atoms with van der Waals surface area (Å²) in [5.74, 6) is -0.212. The van der Waals surface area contributed by atoms with E-state index in [1.807, 2.05) is 6.08 Å². The predicted molar refractivity (Wildman–Crippen MR) is 130 cm³/mol. The topological polar surface area (TPSA) is 67.4 Å². The summed E-state index contributed by atoms with van der Waals surface area (Å²) >= 11 is 5.93. The molecule has 2 aromatic carbocycles. The van der Waals surface area contributed by atoms with Crippen LogP contribution in [0, 0.1) is 5.82 Å². The molecule has 0 atom stereocenters. The average molecular weight is 471 g/mol. The highest BCUT2D eigenvalue weighted by Gasteiger charge is 2.13. The zero-order chi connectivity index (χ0) is 23.8. The molecule has 0 aliphatic rings. The van der Waals surface area contributed by atoms with Gasteiger partial charge in [-0.1, -0.05) is 37.6 Å². The van der Waals surface area contributed by atoms with E-state index in [9.17, 15) is 9.18 Å². The summed E-state index contributed by atoms with van der Waals surface area (Å²) in [5.41, 5.74) is 2.75. The highest BCUT2D eigenvalue weighted by atomic mass is 35.5. The Bertz CT molecular complexity index is 1150. The number of nitrogens with one attached hydrogen (secondary N) is 1. The molecule has 1 N–H and O–H groups in total. The van der Waals surface area contributed by atoms with E-state index in [2.05, 4.69) is 34.0 Å². The standard InChI is InChI=1S/C25H28ClFN4O2/c1-4-10-31(5-2)11-6-7-25(32)30-23-14-18-21(13-17-8-9-20(27)19(26)12-17)28-16-29-22(18)15-24(23)33-3/h6-9,12,14-16H,4-5,10-11,13H2,1-3H3,(H,30,32)/b7-6+. The van der Waals surface area contributed by atoms with Crippen molar-refractivity contribution < 1.29 is 13.9 Å². The Hall–Kier alpha value is -3.03. The van der Waals surface area contributed by atoms with Crippen molar-refractivity contribution in [3.05, 3.63) is 70.9 Å². The van der Waals surface area contributed by atoms with Crippen LogP contribution in [0.5, 0.6) is 5.75 Å². The first-order valence-corrected chi connectivity index (χ1v) is 11.3. The number of halogens is 2. The van der Waals surface area contributed by atoms with E-state index in [0.29, 0.717) is 29.9 Å². The molecular formula is C25H28ClFN4O2. The van der Waals surface area contributed by atoms with Gasteiger partial charge in [0.15, 0.2) is 0 Å². The predicted octanol–water partition coefficient (Wildman–Crippen LogP) is 5.25. The van der Waals surface area contributed by atoms with Gasteiger partial charge in [0.05, 0.1) is 29.0 Å². The van der Waals surface area contributed by atoms with Crippen LogP contribution in [0.3, 0.4) is 0 Å². The van der Waals surface area contributed by atoms with Gasteiger partial charge in [0.2, 0.25) is 5.91 Å². The second-order valence-electron chi connectivity index (χ2n) is 7.60. The van der Waals surface area contributed by atoms with Crippen LogP contribution in [0.1, 0.15) is 31.5 Å². The van der Waals surface area contributed by atoms with Crippen LogP contribution in [-0.4, -0.2) is 47.5 Å². The summed E-state index contributed by atoms with van der Waals surface area (Å²) in [6.07, 6.45) is 6.36. The van der Waals surface area contributed by atoms with Crippen LogP contribution in [-0.2, 0) is 11.2 Å². The lowest BCUT2D eigenvalue weighted by Gasteiger charge is -2.16. The number of likely N-dealkylation sites (N-methyl/N-ethyl adjacent to an activating group) is 1. The van der Waals surface area contributed by atoms with Gasteiger partial charge in [-0.2, -0.15) is 0 Å². The van der Waals surface area contributed by atoms with Gasteiger partial charge in [0.25, 0.3) is 0 Å². The second kappa shape index (κ2) is 11.7. The number of aromatic nitrogens is 2. The molecule has 0 bridgehead atoms. The monoisotopic (exact) mass is 470 g/mol. The van der Waals surface area contributed by atoms with Crippen molar-refractivity contribution in [2.75, 3.05) is 32.1 Å². The number of rotatable bonds is 10. The molecule has 0 unspecified atom stereocenters. The number of hydrogen-bond acceptors (Lipinski definition) is 5. The minimum Gasteiger partial charge on any atom is -0.494 e. The van der Waals surface area contributed by atoms with Crippen LogP contribution in [0.2, 0.25) is 5.02 Å². The highest BCUT2D eigenvalue weighted by Crippen LogP contribution is 2.31. The van der Waals surface area contributed by atoms with Crippen molar-refractivity contribution in [2.45, 2.75) is 26.7 Å². The largest absolute Gasteiger partial charge is 0.494 e. The van der Waals surface area contributed by atoms with E-state index in [0.717, 1.165) is 36.2 Å². The van der Waals surface area contributed by atoms with Crippen molar-refractivity contribution in [1.82, 2.24) is 14.9 Å². The molecule has 6 nitrogen and oxygen atoms in total. The SMILES string of the molecule is CCCN(CC)C/C=C/C(=O)Nc1cc2c(Cc3ccc(F)c(Cl)c3)ncnc2cc1OC. The molecule has 174 valence electrons. The van der Waals surface area contributed by atoms with Crippen molar-refractivity contribution >= 4 is 34.1 Å². The molecule has 0 radical (unpaired) electrons. The zero-order valence-corrected chi connectivity index (χ0v) is 19.8. The number of methoxy groups -OCH3 is 1. The lowest BCUT2D eigenvalue weighted by Crippen LogP contribution is -2.24. The number of anilines is 1. The first kappa shape index (κ1) is 24.6. The normalized spacial score (nSPS) is 11.5. The fraction of sp³-hybridized carbons (Fsp3) is 0.320. The number of ether oxygens (including phenoxy) is 1. The van der Waals surface area contributed by atoms with Crippen LogP contribution in [0.25, 0.3) is 10.9 Å². The number of carbonyl (C=O) groups excluding carboxylic acids is 1. The van der Waals surface area contributed by atoms with Crippen molar-refractivity contribution in [3.8, 4) is 5.75 Å². The summed E-state index contributed by atoms with van der Waals surface area (Å²) in [5, 5.41) is 3.71. The fourth-order valence-corrected chi connectivity index (χ4v) is 3.77. The first-order valence-electron chi connectivity index (χ1n) is 10.9. The molecule has 0 fully saturated rings. The van der Waals surface area contributed by atoms with Gasteiger partial charge in [-0.25, -0.2) is 14.4 Å². The molecule has 0 saturated heterocycles. The molecule has 0 aliphatic carbocycles. The van der Waals surface area contributed by atoms with Gasteiger partial charge >= 0.3 is 0 Å². The van der Waals surface area contributed by atoms with Gasteiger partial charge in [0.1, 0.15) is 17.9 Å². The summed E-state index contributed by atoms with van der Waals surface area (Å²) < 4.78 is 19.0. The van der Waals surface area contributed by atoms with E-state index in [4.69, 9.17) is 16.3 Å². The van der Waals surface area contributed by atoms with E-state index in [-0.39, 0.29) is 10.9 Å². The maximum absolute atomic E-state index is 13.5. The molecule has 8 heteroatoms. The average Bonchev–Trinajstić information content (AvgIpc) is 2.80. The molecule has 1 aromatic heterocycles. The van der Waals surface area contributed by atoms with E-state index in [1.165, 1.54) is 18.5 Å². The third-order valence-corrected chi connectivity index (χ3v) is 5.56. The fourth-order valence-electron chi connectivity index (χ4n) is 3.57. The van der Waals surface area contributed by atoms with Crippen LogP contribution in [0.15, 0.2) is 48.8 Å². The number of nitrogens with zero attached hydrogens (tertiary/aromatic N) is 3. The summed E-state index contributed by atoms with van der Waals surface area (Å²) in [4.78, 5) is 23.5.